The molecule has 0 atom stereocenters. The van der Waals surface area contributed by atoms with Crippen molar-refractivity contribution in [1.29, 1.82) is 0 Å². The molecule has 11 aromatic rings. The van der Waals surface area contributed by atoms with E-state index in [1.54, 1.807) is 0 Å². The standard InChI is InChI=1S/C51H32N4O/c1-4-16-33(17-5-1)37-22-10-11-24-41(37)50-52-49(34-18-6-2-7-19-34)53-51(54-50)43-27-14-26-42-47-38(25-15-29-46(47)56-48(42)43)35-30-31-40-39-23-12-13-28-44(39)55(45(40)32-35)36-20-8-3-9-21-36/h1-32H. The molecule has 0 spiro atoms. The highest BCUT2D eigenvalue weighted by atomic mass is 16.3. The van der Waals surface area contributed by atoms with Gasteiger partial charge in [0.05, 0.1) is 16.6 Å². The van der Waals surface area contributed by atoms with Crippen LogP contribution in [0.3, 0.4) is 0 Å². The molecule has 0 aliphatic carbocycles. The summed E-state index contributed by atoms with van der Waals surface area (Å²) in [4.78, 5) is 15.4. The molecule has 11 rings (SSSR count). The summed E-state index contributed by atoms with van der Waals surface area (Å²) < 4.78 is 9.17. The van der Waals surface area contributed by atoms with Crippen molar-refractivity contribution in [2.45, 2.75) is 0 Å². The van der Waals surface area contributed by atoms with Crippen LogP contribution in [-0.4, -0.2) is 19.5 Å². The SMILES string of the molecule is c1ccc(-c2nc(-c3ccccc3-c3ccccc3)nc(-c3cccc4c3oc3cccc(-c5ccc6c7ccccc7n(-c7ccccc7)c6c5)c34)n2)cc1. The highest BCUT2D eigenvalue weighted by molar-refractivity contribution is 6.16. The molecule has 0 aliphatic heterocycles. The fraction of sp³-hybridized carbons (Fsp3) is 0. The van der Waals surface area contributed by atoms with E-state index in [9.17, 15) is 0 Å². The van der Waals surface area contributed by atoms with Crippen molar-refractivity contribution in [3.63, 3.8) is 0 Å². The lowest BCUT2D eigenvalue weighted by molar-refractivity contribution is 0.669. The lowest BCUT2D eigenvalue weighted by atomic mass is 9.97. The molecule has 0 N–H and O–H groups in total. The molecule has 0 fully saturated rings. The van der Waals surface area contributed by atoms with Gasteiger partial charge in [0.2, 0.25) is 0 Å². The van der Waals surface area contributed by atoms with Crippen LogP contribution in [0.2, 0.25) is 0 Å². The average molecular weight is 717 g/mol. The first kappa shape index (κ1) is 31.9. The Bertz CT molecular complexity index is 3240. The number of benzene rings is 8. The van der Waals surface area contributed by atoms with Crippen LogP contribution < -0.4 is 0 Å². The van der Waals surface area contributed by atoms with Crippen LogP contribution in [0.25, 0.3) is 106 Å². The molecule has 0 bridgehead atoms. The van der Waals surface area contributed by atoms with Gasteiger partial charge in [-0.3, -0.25) is 0 Å². The Labute approximate surface area is 322 Å². The van der Waals surface area contributed by atoms with E-state index in [0.29, 0.717) is 17.5 Å². The third-order valence-corrected chi connectivity index (χ3v) is 10.7. The van der Waals surface area contributed by atoms with E-state index in [1.807, 2.05) is 54.6 Å². The molecule has 5 heteroatoms. The number of rotatable bonds is 6. The summed E-state index contributed by atoms with van der Waals surface area (Å²) in [6.45, 7) is 0. The molecule has 262 valence electrons. The zero-order valence-corrected chi connectivity index (χ0v) is 30.2. The molecule has 0 saturated heterocycles. The van der Waals surface area contributed by atoms with Crippen LogP contribution >= 0.6 is 0 Å². The van der Waals surface area contributed by atoms with Crippen LogP contribution in [0.15, 0.2) is 199 Å². The predicted octanol–water partition coefficient (Wildman–Crippen LogP) is 13.2. The van der Waals surface area contributed by atoms with Gasteiger partial charge >= 0.3 is 0 Å². The minimum absolute atomic E-state index is 0.553. The Balaban J connectivity index is 1.12. The largest absolute Gasteiger partial charge is 0.455 e. The van der Waals surface area contributed by atoms with Crippen LogP contribution in [0.4, 0.5) is 0 Å². The number of hydrogen-bond acceptors (Lipinski definition) is 4. The number of para-hydroxylation sites is 3. The molecule has 5 nitrogen and oxygen atoms in total. The summed E-state index contributed by atoms with van der Waals surface area (Å²) in [5.41, 5.74) is 12.0. The van der Waals surface area contributed by atoms with Gasteiger partial charge in [0.15, 0.2) is 17.5 Å². The maximum atomic E-state index is 6.81. The Hall–Kier alpha value is -7.63. The number of nitrogens with zero attached hydrogens (tertiary/aromatic N) is 4. The summed E-state index contributed by atoms with van der Waals surface area (Å²) in [7, 11) is 0. The van der Waals surface area contributed by atoms with E-state index in [1.165, 1.54) is 16.3 Å². The Morgan fingerprint density at radius 3 is 1.73 bits per heavy atom. The van der Waals surface area contributed by atoms with E-state index < -0.39 is 0 Å². The smallest absolute Gasteiger partial charge is 0.167 e. The van der Waals surface area contributed by atoms with Gasteiger partial charge in [-0.25, -0.2) is 15.0 Å². The fourth-order valence-electron chi connectivity index (χ4n) is 8.14. The van der Waals surface area contributed by atoms with Crippen molar-refractivity contribution in [3.8, 4) is 62.1 Å². The summed E-state index contributed by atoms with van der Waals surface area (Å²) in [6.07, 6.45) is 0. The summed E-state index contributed by atoms with van der Waals surface area (Å²) in [5.74, 6) is 1.75. The molecular formula is C51H32N4O. The Kier molecular flexibility index (Phi) is 7.42. The topological polar surface area (TPSA) is 56.7 Å². The molecule has 0 saturated carbocycles. The number of hydrogen-bond donors (Lipinski definition) is 0. The summed E-state index contributed by atoms with van der Waals surface area (Å²) >= 11 is 0. The van der Waals surface area contributed by atoms with Gasteiger partial charge in [0.1, 0.15) is 11.2 Å². The van der Waals surface area contributed by atoms with Crippen LogP contribution in [0, 0.1) is 0 Å². The van der Waals surface area contributed by atoms with Crippen LogP contribution in [0.1, 0.15) is 0 Å². The number of aromatic nitrogens is 4. The minimum atomic E-state index is 0.553. The van der Waals surface area contributed by atoms with Gasteiger partial charge in [-0.15, -0.1) is 0 Å². The second-order valence-electron chi connectivity index (χ2n) is 14.0. The van der Waals surface area contributed by atoms with E-state index in [0.717, 1.165) is 72.1 Å². The maximum Gasteiger partial charge on any atom is 0.167 e. The lowest BCUT2D eigenvalue weighted by Gasteiger charge is -2.12. The number of fused-ring (bicyclic) bond motifs is 6. The average Bonchev–Trinajstić information content (AvgIpc) is 3.83. The van der Waals surface area contributed by atoms with E-state index in [2.05, 4.69) is 144 Å². The first-order valence-corrected chi connectivity index (χ1v) is 18.8. The molecule has 0 amide bonds. The monoisotopic (exact) mass is 716 g/mol. The normalized spacial score (nSPS) is 11.6. The Morgan fingerprint density at radius 2 is 0.929 bits per heavy atom. The predicted molar refractivity (Wildman–Crippen MR) is 229 cm³/mol. The molecule has 0 unspecified atom stereocenters. The summed E-state index contributed by atoms with van der Waals surface area (Å²) in [6, 6.07) is 67.3. The quantitative estimate of drug-likeness (QED) is 0.172. The first-order valence-electron chi connectivity index (χ1n) is 18.8. The van der Waals surface area contributed by atoms with Crippen molar-refractivity contribution in [2.24, 2.45) is 0 Å². The van der Waals surface area contributed by atoms with Gasteiger partial charge in [0.25, 0.3) is 0 Å². The van der Waals surface area contributed by atoms with Crippen LogP contribution in [-0.2, 0) is 0 Å². The van der Waals surface area contributed by atoms with Gasteiger partial charge in [0, 0.05) is 38.4 Å². The second kappa shape index (κ2) is 13.0. The molecule has 3 heterocycles. The molecule has 56 heavy (non-hydrogen) atoms. The highest BCUT2D eigenvalue weighted by Crippen LogP contribution is 2.42. The molecular weight excluding hydrogens is 685 g/mol. The van der Waals surface area contributed by atoms with Crippen LogP contribution in [0.5, 0.6) is 0 Å². The van der Waals surface area contributed by atoms with Crippen molar-refractivity contribution in [3.05, 3.63) is 194 Å². The molecule has 8 aromatic carbocycles. The molecule has 0 radical (unpaired) electrons. The Morgan fingerprint density at radius 1 is 0.357 bits per heavy atom. The fourth-order valence-corrected chi connectivity index (χ4v) is 8.14. The van der Waals surface area contributed by atoms with Crippen molar-refractivity contribution < 1.29 is 4.42 Å². The van der Waals surface area contributed by atoms with E-state index in [4.69, 9.17) is 19.4 Å². The highest BCUT2D eigenvalue weighted by Gasteiger charge is 2.21. The molecule has 0 aliphatic rings. The van der Waals surface area contributed by atoms with Gasteiger partial charge in [-0.2, -0.15) is 0 Å². The van der Waals surface area contributed by atoms with Gasteiger partial charge in [-0.1, -0.05) is 158 Å². The molecule has 3 aromatic heterocycles. The van der Waals surface area contributed by atoms with E-state index >= 15 is 0 Å². The van der Waals surface area contributed by atoms with Crippen molar-refractivity contribution >= 4 is 43.7 Å². The zero-order valence-electron chi connectivity index (χ0n) is 30.2. The minimum Gasteiger partial charge on any atom is -0.455 e. The maximum absolute atomic E-state index is 6.81. The number of furan rings is 1. The van der Waals surface area contributed by atoms with E-state index in [-0.39, 0.29) is 0 Å². The third-order valence-electron chi connectivity index (χ3n) is 10.7. The zero-order chi connectivity index (χ0) is 37.0. The summed E-state index contributed by atoms with van der Waals surface area (Å²) in [5, 5.41) is 4.50. The second-order valence-corrected chi connectivity index (χ2v) is 14.0. The van der Waals surface area contributed by atoms with Gasteiger partial charge < -0.3 is 8.98 Å². The lowest BCUT2D eigenvalue weighted by Crippen LogP contribution is -2.01. The van der Waals surface area contributed by atoms with Gasteiger partial charge in [-0.05, 0) is 58.7 Å². The van der Waals surface area contributed by atoms with Crippen molar-refractivity contribution in [1.82, 2.24) is 19.5 Å². The first-order chi connectivity index (χ1) is 27.8. The third kappa shape index (κ3) is 5.21. The van der Waals surface area contributed by atoms with Crippen molar-refractivity contribution in [2.75, 3.05) is 0 Å².